The minimum atomic E-state index is -1.20. The van der Waals surface area contributed by atoms with Crippen LogP contribution in [0.15, 0.2) is 18.2 Å². The molecule has 0 saturated heterocycles. The van der Waals surface area contributed by atoms with Crippen LogP contribution in [0, 0.1) is 30.6 Å². The van der Waals surface area contributed by atoms with E-state index in [1.165, 1.54) is 0 Å². The number of Topliss-reactive ketones (excluding diaryl/α,β-unsaturated/α-hetero) is 2. The maximum atomic E-state index is 12.9. The maximum Gasteiger partial charge on any atom is 0.239 e. The molecule has 2 aliphatic carbocycles. The number of carbonyl (C=O) groups excluding carboxylic acids is 3. The Balaban J connectivity index is 1.98. The Bertz CT molecular complexity index is 704. The summed E-state index contributed by atoms with van der Waals surface area (Å²) < 4.78 is 0. The summed E-state index contributed by atoms with van der Waals surface area (Å²) in [5.41, 5.74) is 0.961. The highest BCUT2D eigenvalue weighted by atomic mass is 16.2. The van der Waals surface area contributed by atoms with Gasteiger partial charge in [-0.1, -0.05) is 31.5 Å². The van der Waals surface area contributed by atoms with Crippen LogP contribution in [0.2, 0.25) is 0 Å². The highest BCUT2D eigenvalue weighted by Gasteiger charge is 2.72. The molecule has 2 atom stereocenters. The van der Waals surface area contributed by atoms with Gasteiger partial charge in [0.25, 0.3) is 0 Å². The topological polar surface area (TPSA) is 63.2 Å². The molecular weight excluding hydrogens is 278 g/mol. The van der Waals surface area contributed by atoms with Gasteiger partial charge in [0.05, 0.1) is 0 Å². The fraction of sp³-hybridized carbons (Fsp3) is 0.500. The molecule has 1 N–H and O–H groups in total. The summed E-state index contributed by atoms with van der Waals surface area (Å²) in [6.07, 6.45) is 1.09. The number of benzene rings is 1. The lowest BCUT2D eigenvalue weighted by molar-refractivity contribution is -0.147. The van der Waals surface area contributed by atoms with Gasteiger partial charge in [-0.2, -0.15) is 0 Å². The van der Waals surface area contributed by atoms with Crippen LogP contribution in [0.3, 0.4) is 0 Å². The van der Waals surface area contributed by atoms with Crippen molar-refractivity contribution < 1.29 is 14.4 Å². The molecule has 2 aliphatic rings. The summed E-state index contributed by atoms with van der Waals surface area (Å²) in [4.78, 5) is 37.5. The van der Waals surface area contributed by atoms with Gasteiger partial charge in [-0.25, -0.2) is 0 Å². The molecule has 2 saturated carbocycles. The fourth-order valence-corrected chi connectivity index (χ4v) is 4.27. The number of hydrogen-bond donors (Lipinski definition) is 1. The van der Waals surface area contributed by atoms with E-state index in [-0.39, 0.29) is 17.6 Å². The maximum absolute atomic E-state index is 12.9. The monoisotopic (exact) mass is 299 g/mol. The van der Waals surface area contributed by atoms with Crippen molar-refractivity contribution in [1.82, 2.24) is 0 Å². The number of ketones is 2. The number of rotatable bonds is 2. The molecule has 1 aromatic carbocycles. The summed E-state index contributed by atoms with van der Waals surface area (Å²) >= 11 is 0. The Morgan fingerprint density at radius 1 is 1.23 bits per heavy atom. The van der Waals surface area contributed by atoms with Crippen LogP contribution in [0.4, 0.5) is 5.69 Å². The molecule has 0 radical (unpaired) electrons. The highest BCUT2D eigenvalue weighted by molar-refractivity contribution is 6.48. The van der Waals surface area contributed by atoms with Crippen molar-refractivity contribution in [2.45, 2.75) is 40.5 Å². The Kier molecular flexibility index (Phi) is 3.06. The lowest BCUT2D eigenvalue weighted by atomic mass is 9.68. The average Bonchev–Trinajstić information content (AvgIpc) is 2.78. The van der Waals surface area contributed by atoms with Crippen LogP contribution >= 0.6 is 0 Å². The third-order valence-electron chi connectivity index (χ3n) is 5.72. The number of hydrogen-bond acceptors (Lipinski definition) is 3. The van der Waals surface area contributed by atoms with E-state index in [2.05, 4.69) is 5.32 Å². The van der Waals surface area contributed by atoms with Crippen LogP contribution in [-0.4, -0.2) is 17.5 Å². The zero-order valence-electron chi connectivity index (χ0n) is 13.4. The van der Waals surface area contributed by atoms with E-state index in [0.29, 0.717) is 18.5 Å². The highest BCUT2D eigenvalue weighted by Crippen LogP contribution is 2.62. The van der Waals surface area contributed by atoms with E-state index < -0.39 is 16.6 Å². The number of amides is 1. The second kappa shape index (κ2) is 4.51. The predicted octanol–water partition coefficient (Wildman–Crippen LogP) is 2.82. The van der Waals surface area contributed by atoms with E-state index in [1.54, 1.807) is 0 Å². The summed E-state index contributed by atoms with van der Waals surface area (Å²) in [6.45, 7) is 7.65. The Hall–Kier alpha value is -1.97. The third-order valence-corrected chi connectivity index (χ3v) is 5.72. The molecule has 116 valence electrons. The lowest BCUT2D eigenvalue weighted by Crippen LogP contribution is -2.47. The molecule has 1 aromatic rings. The fourth-order valence-electron chi connectivity index (χ4n) is 4.27. The SMILES string of the molecule is Cc1ccc(NC(=O)[C@@]23CC[C@@H](C(=O)C2=O)C3(C)C)c(C)c1. The molecule has 4 heteroatoms. The molecule has 22 heavy (non-hydrogen) atoms. The minimum absolute atomic E-state index is 0.315. The smallest absolute Gasteiger partial charge is 0.239 e. The Morgan fingerprint density at radius 2 is 1.91 bits per heavy atom. The largest absolute Gasteiger partial charge is 0.325 e. The number of nitrogens with one attached hydrogen (secondary N) is 1. The third kappa shape index (κ3) is 1.67. The number of aryl methyl sites for hydroxylation is 2. The van der Waals surface area contributed by atoms with Gasteiger partial charge in [-0.15, -0.1) is 0 Å². The van der Waals surface area contributed by atoms with E-state index >= 15 is 0 Å². The van der Waals surface area contributed by atoms with Crippen molar-refractivity contribution in [3.63, 3.8) is 0 Å². The molecule has 1 amide bonds. The molecule has 2 fully saturated rings. The van der Waals surface area contributed by atoms with Crippen molar-refractivity contribution in [3.8, 4) is 0 Å². The van der Waals surface area contributed by atoms with Gasteiger partial charge < -0.3 is 5.32 Å². The summed E-state index contributed by atoms with van der Waals surface area (Å²) in [6, 6.07) is 5.75. The summed E-state index contributed by atoms with van der Waals surface area (Å²) in [7, 11) is 0. The Labute approximate surface area is 130 Å². The molecule has 2 bridgehead atoms. The second-order valence-corrected chi connectivity index (χ2v) is 7.18. The van der Waals surface area contributed by atoms with Crippen LogP contribution < -0.4 is 5.32 Å². The molecule has 4 nitrogen and oxygen atoms in total. The quantitative estimate of drug-likeness (QED) is 0.674. The van der Waals surface area contributed by atoms with Gasteiger partial charge in [-0.3, -0.25) is 14.4 Å². The van der Waals surface area contributed by atoms with E-state index in [0.717, 1.165) is 11.1 Å². The molecule has 0 aromatic heterocycles. The number of carbonyl (C=O) groups is 3. The Morgan fingerprint density at radius 3 is 2.45 bits per heavy atom. The van der Waals surface area contributed by atoms with Gasteiger partial charge in [0, 0.05) is 11.6 Å². The van der Waals surface area contributed by atoms with Gasteiger partial charge in [0.1, 0.15) is 5.41 Å². The summed E-state index contributed by atoms with van der Waals surface area (Å²) in [5.74, 6) is -1.52. The van der Waals surface area contributed by atoms with Gasteiger partial charge in [0.15, 0.2) is 0 Å². The van der Waals surface area contributed by atoms with Gasteiger partial charge in [-0.05, 0) is 43.7 Å². The van der Waals surface area contributed by atoms with Crippen molar-refractivity contribution in [1.29, 1.82) is 0 Å². The van der Waals surface area contributed by atoms with Crippen molar-refractivity contribution >= 4 is 23.2 Å². The molecule has 0 unspecified atom stereocenters. The van der Waals surface area contributed by atoms with Crippen molar-refractivity contribution in [2.75, 3.05) is 5.32 Å². The zero-order chi connectivity index (χ0) is 16.3. The first-order valence-electron chi connectivity index (χ1n) is 7.69. The van der Waals surface area contributed by atoms with Crippen LogP contribution in [0.5, 0.6) is 0 Å². The zero-order valence-corrected chi connectivity index (χ0v) is 13.4. The lowest BCUT2D eigenvalue weighted by Gasteiger charge is -2.34. The number of fused-ring (bicyclic) bond motifs is 2. The van der Waals surface area contributed by atoms with Gasteiger partial charge in [0.2, 0.25) is 17.5 Å². The molecule has 0 heterocycles. The number of anilines is 1. The van der Waals surface area contributed by atoms with Crippen LogP contribution in [0.1, 0.15) is 37.8 Å². The standard InChI is InChI=1S/C18H21NO3/c1-10-5-6-13(11(2)9-10)19-16(22)18-8-7-12(17(18,3)4)14(20)15(18)21/h5-6,9,12H,7-8H2,1-4H3,(H,19,22)/t12-,18+/m0/s1. The minimum Gasteiger partial charge on any atom is -0.325 e. The summed E-state index contributed by atoms with van der Waals surface area (Å²) in [5, 5.41) is 2.89. The first-order valence-corrected chi connectivity index (χ1v) is 7.69. The van der Waals surface area contributed by atoms with Crippen molar-refractivity contribution in [3.05, 3.63) is 29.3 Å². The van der Waals surface area contributed by atoms with E-state index in [4.69, 9.17) is 0 Å². The second-order valence-electron chi connectivity index (χ2n) is 7.18. The predicted molar refractivity (Wildman–Crippen MR) is 83.5 cm³/mol. The normalized spacial score (nSPS) is 29.0. The molecule has 3 rings (SSSR count). The average molecular weight is 299 g/mol. The van der Waals surface area contributed by atoms with Gasteiger partial charge >= 0.3 is 0 Å². The molecule has 0 aliphatic heterocycles. The van der Waals surface area contributed by atoms with Crippen LogP contribution in [-0.2, 0) is 14.4 Å². The first-order chi connectivity index (χ1) is 10.2. The molecular formula is C18H21NO3. The molecule has 0 spiro atoms. The van der Waals surface area contributed by atoms with Crippen molar-refractivity contribution in [2.24, 2.45) is 16.7 Å². The van der Waals surface area contributed by atoms with E-state index in [1.807, 2.05) is 45.9 Å². The first kappa shape index (κ1) is 14.9. The van der Waals surface area contributed by atoms with E-state index in [9.17, 15) is 14.4 Å². The van der Waals surface area contributed by atoms with Crippen LogP contribution in [0.25, 0.3) is 0 Å².